The van der Waals surface area contributed by atoms with Gasteiger partial charge in [0, 0.05) is 29.1 Å². The SMILES string of the molecule is CCCCCC(=O)C(C)C(CC)SCCOCCOCCS. The molecule has 0 amide bonds. The first kappa shape index (κ1) is 22.3. The van der Waals surface area contributed by atoms with Crippen molar-refractivity contribution in [1.82, 2.24) is 0 Å². The molecule has 5 heteroatoms. The summed E-state index contributed by atoms with van der Waals surface area (Å²) >= 11 is 5.94. The van der Waals surface area contributed by atoms with E-state index in [4.69, 9.17) is 9.47 Å². The molecule has 0 bridgehead atoms. The number of carbonyl (C=O) groups excluding carboxylic acids is 1. The second-order valence-electron chi connectivity index (χ2n) is 5.48. The Morgan fingerprint density at radius 1 is 1.09 bits per heavy atom. The van der Waals surface area contributed by atoms with Crippen LogP contribution in [0.3, 0.4) is 0 Å². The number of ketones is 1. The van der Waals surface area contributed by atoms with E-state index in [-0.39, 0.29) is 5.92 Å². The maximum Gasteiger partial charge on any atom is 0.136 e. The first-order chi connectivity index (χ1) is 10.7. The van der Waals surface area contributed by atoms with Crippen molar-refractivity contribution in [2.75, 3.05) is 37.9 Å². The molecule has 0 heterocycles. The Morgan fingerprint density at radius 2 is 1.77 bits per heavy atom. The van der Waals surface area contributed by atoms with E-state index in [0.29, 0.717) is 30.9 Å². The predicted molar refractivity (Wildman–Crippen MR) is 100 cm³/mol. The van der Waals surface area contributed by atoms with Crippen LogP contribution >= 0.6 is 24.4 Å². The standard InChI is InChI=1S/C17H34O3S2/c1-4-6-7-8-16(18)15(3)17(5-2)22-14-12-20-10-9-19-11-13-21/h15,17,21H,4-14H2,1-3H3. The van der Waals surface area contributed by atoms with Gasteiger partial charge in [-0.3, -0.25) is 4.79 Å². The summed E-state index contributed by atoms with van der Waals surface area (Å²) in [6, 6.07) is 0. The fourth-order valence-electron chi connectivity index (χ4n) is 2.24. The van der Waals surface area contributed by atoms with Crippen molar-refractivity contribution >= 4 is 30.2 Å². The molecular formula is C17H34O3S2. The molecule has 0 aliphatic rings. The van der Waals surface area contributed by atoms with Gasteiger partial charge in [0.1, 0.15) is 5.78 Å². The van der Waals surface area contributed by atoms with Gasteiger partial charge in [-0.1, -0.05) is 33.6 Å². The third-order valence-corrected chi connectivity index (χ3v) is 5.42. The number of thiol groups is 1. The van der Waals surface area contributed by atoms with Crippen molar-refractivity contribution in [2.45, 2.75) is 58.1 Å². The highest BCUT2D eigenvalue weighted by Crippen LogP contribution is 2.25. The number of hydrogen-bond acceptors (Lipinski definition) is 5. The molecule has 0 saturated heterocycles. The fraction of sp³-hybridized carbons (Fsp3) is 0.941. The lowest BCUT2D eigenvalue weighted by molar-refractivity contribution is -0.122. The first-order valence-corrected chi connectivity index (χ1v) is 10.3. The van der Waals surface area contributed by atoms with E-state index >= 15 is 0 Å². The maximum absolute atomic E-state index is 12.2. The van der Waals surface area contributed by atoms with Crippen LogP contribution in [0, 0.1) is 5.92 Å². The topological polar surface area (TPSA) is 35.5 Å². The van der Waals surface area contributed by atoms with E-state index in [1.54, 1.807) is 0 Å². The van der Waals surface area contributed by atoms with Gasteiger partial charge in [-0.2, -0.15) is 24.4 Å². The molecule has 0 aromatic carbocycles. The lowest BCUT2D eigenvalue weighted by Crippen LogP contribution is -2.23. The van der Waals surface area contributed by atoms with Gasteiger partial charge in [0.15, 0.2) is 0 Å². The second kappa shape index (κ2) is 16.2. The summed E-state index contributed by atoms with van der Waals surface area (Å²) in [5, 5.41) is 0.415. The average molecular weight is 351 g/mol. The molecule has 2 atom stereocenters. The van der Waals surface area contributed by atoms with E-state index < -0.39 is 0 Å². The monoisotopic (exact) mass is 350 g/mol. The van der Waals surface area contributed by atoms with Crippen LogP contribution in [0.4, 0.5) is 0 Å². The number of Topliss-reactive ketones (excluding diaryl/α,β-unsaturated/α-hetero) is 1. The number of hydrogen-bond donors (Lipinski definition) is 1. The summed E-state index contributed by atoms with van der Waals surface area (Å²) in [6.45, 7) is 9.09. The highest BCUT2D eigenvalue weighted by molar-refractivity contribution is 7.99. The molecule has 0 aliphatic carbocycles. The smallest absolute Gasteiger partial charge is 0.136 e. The van der Waals surface area contributed by atoms with Gasteiger partial charge in [-0.25, -0.2) is 0 Å². The van der Waals surface area contributed by atoms with Gasteiger partial charge < -0.3 is 9.47 Å². The predicted octanol–water partition coefficient (Wildman–Crippen LogP) is 4.25. The van der Waals surface area contributed by atoms with Gasteiger partial charge in [0.2, 0.25) is 0 Å². The molecule has 2 unspecified atom stereocenters. The molecule has 132 valence electrons. The van der Waals surface area contributed by atoms with Gasteiger partial charge >= 0.3 is 0 Å². The molecule has 0 fully saturated rings. The van der Waals surface area contributed by atoms with Crippen molar-refractivity contribution in [3.8, 4) is 0 Å². The molecule has 22 heavy (non-hydrogen) atoms. The Balaban J connectivity index is 3.74. The molecule has 0 rings (SSSR count). The first-order valence-electron chi connectivity index (χ1n) is 8.57. The zero-order valence-electron chi connectivity index (χ0n) is 14.5. The average Bonchev–Trinajstić information content (AvgIpc) is 2.53. The zero-order chi connectivity index (χ0) is 16.6. The number of ether oxygens (including phenoxy) is 2. The van der Waals surface area contributed by atoms with E-state index in [2.05, 4.69) is 33.4 Å². The van der Waals surface area contributed by atoms with E-state index in [0.717, 1.165) is 43.8 Å². The van der Waals surface area contributed by atoms with Crippen molar-refractivity contribution in [1.29, 1.82) is 0 Å². The van der Waals surface area contributed by atoms with Gasteiger partial charge in [-0.15, -0.1) is 0 Å². The Labute approximate surface area is 146 Å². The Morgan fingerprint density at radius 3 is 2.36 bits per heavy atom. The highest BCUT2D eigenvalue weighted by Gasteiger charge is 2.22. The number of unbranched alkanes of at least 4 members (excludes halogenated alkanes) is 2. The molecule has 0 aliphatic heterocycles. The Kier molecular flexibility index (Phi) is 16.4. The molecule has 0 saturated carbocycles. The minimum absolute atomic E-state index is 0.158. The molecule has 3 nitrogen and oxygen atoms in total. The third kappa shape index (κ3) is 11.8. The van der Waals surface area contributed by atoms with E-state index in [9.17, 15) is 4.79 Å². The van der Waals surface area contributed by atoms with Crippen LogP contribution in [0.15, 0.2) is 0 Å². The summed E-state index contributed by atoms with van der Waals surface area (Å²) in [6.07, 6.45) is 5.14. The fourth-order valence-corrected chi connectivity index (χ4v) is 3.57. The lowest BCUT2D eigenvalue weighted by Gasteiger charge is -2.21. The largest absolute Gasteiger partial charge is 0.378 e. The molecule has 0 aromatic rings. The molecule has 0 N–H and O–H groups in total. The van der Waals surface area contributed by atoms with Crippen LogP contribution in [0.1, 0.15) is 52.9 Å². The van der Waals surface area contributed by atoms with E-state index in [1.165, 1.54) is 6.42 Å². The van der Waals surface area contributed by atoms with Crippen molar-refractivity contribution in [2.24, 2.45) is 5.92 Å². The normalized spacial score (nSPS) is 14.0. The van der Waals surface area contributed by atoms with E-state index in [1.807, 2.05) is 11.8 Å². The summed E-state index contributed by atoms with van der Waals surface area (Å²) in [5.74, 6) is 2.27. The summed E-state index contributed by atoms with van der Waals surface area (Å²) in [4.78, 5) is 12.2. The third-order valence-electron chi connectivity index (χ3n) is 3.66. The minimum atomic E-state index is 0.158. The quantitative estimate of drug-likeness (QED) is 0.333. The minimum Gasteiger partial charge on any atom is -0.378 e. The lowest BCUT2D eigenvalue weighted by atomic mass is 9.96. The Bertz CT molecular complexity index is 262. The molecular weight excluding hydrogens is 316 g/mol. The number of rotatable bonds is 16. The number of thioether (sulfide) groups is 1. The van der Waals surface area contributed by atoms with Crippen molar-refractivity contribution in [3.63, 3.8) is 0 Å². The van der Waals surface area contributed by atoms with Gasteiger partial charge in [0.05, 0.1) is 26.4 Å². The second-order valence-corrected chi connectivity index (χ2v) is 7.27. The summed E-state index contributed by atoms with van der Waals surface area (Å²) < 4.78 is 10.8. The Hall–Kier alpha value is 0.290. The van der Waals surface area contributed by atoms with Gasteiger partial charge in [0.25, 0.3) is 0 Å². The van der Waals surface area contributed by atoms with Crippen molar-refractivity contribution < 1.29 is 14.3 Å². The molecule has 0 aromatic heterocycles. The van der Waals surface area contributed by atoms with Crippen LogP contribution in [-0.4, -0.2) is 49.0 Å². The van der Waals surface area contributed by atoms with Crippen LogP contribution in [0.25, 0.3) is 0 Å². The van der Waals surface area contributed by atoms with Crippen LogP contribution in [-0.2, 0) is 14.3 Å². The maximum atomic E-state index is 12.2. The molecule has 0 spiro atoms. The summed E-state index contributed by atoms with van der Waals surface area (Å²) in [7, 11) is 0. The van der Waals surface area contributed by atoms with Crippen molar-refractivity contribution in [3.05, 3.63) is 0 Å². The summed E-state index contributed by atoms with van der Waals surface area (Å²) in [5.41, 5.74) is 0. The number of carbonyl (C=O) groups is 1. The molecule has 0 radical (unpaired) electrons. The zero-order valence-corrected chi connectivity index (χ0v) is 16.2. The van der Waals surface area contributed by atoms with Gasteiger partial charge in [-0.05, 0) is 12.8 Å². The van der Waals surface area contributed by atoms with Crippen LogP contribution in [0.2, 0.25) is 0 Å². The van der Waals surface area contributed by atoms with Crippen LogP contribution < -0.4 is 0 Å². The highest BCUT2D eigenvalue weighted by atomic mass is 32.2. The van der Waals surface area contributed by atoms with Crippen LogP contribution in [0.5, 0.6) is 0 Å².